The minimum Gasteiger partial charge on any atom is -0.490 e. The minimum atomic E-state index is -1.82. The zero-order valence-electron chi connectivity index (χ0n) is 16.7. The minimum absolute atomic E-state index is 0.118. The van der Waals surface area contributed by atoms with Gasteiger partial charge in [-0.05, 0) is 29.5 Å². The van der Waals surface area contributed by atoms with Gasteiger partial charge in [-0.15, -0.1) is 0 Å². The third-order valence-corrected chi connectivity index (χ3v) is 4.49. The van der Waals surface area contributed by atoms with Gasteiger partial charge in [0.15, 0.2) is 0 Å². The number of benzene rings is 1. The largest absolute Gasteiger partial charge is 0.490 e. The van der Waals surface area contributed by atoms with E-state index in [4.69, 9.17) is 40.9 Å². The van der Waals surface area contributed by atoms with Gasteiger partial charge in [0.1, 0.15) is 25.0 Å². The number of aromatic nitrogens is 3. The predicted octanol–water partition coefficient (Wildman–Crippen LogP) is 2.87. The van der Waals surface area contributed by atoms with E-state index in [1.165, 1.54) is 11.9 Å². The van der Waals surface area contributed by atoms with Gasteiger partial charge in [0, 0.05) is 0 Å². The van der Waals surface area contributed by atoms with Crippen LogP contribution in [-0.4, -0.2) is 56.7 Å². The Bertz CT molecular complexity index is 768. The highest BCUT2D eigenvalue weighted by molar-refractivity contribution is 6.32. The monoisotopic (exact) mass is 427 g/mol. The molecule has 0 radical (unpaired) electrons. The molecule has 0 fully saturated rings. The van der Waals surface area contributed by atoms with E-state index in [0.29, 0.717) is 37.1 Å². The molecule has 0 bridgehead atoms. The van der Waals surface area contributed by atoms with Crippen LogP contribution in [0.4, 0.5) is 0 Å². The normalized spacial score (nSPS) is 10.8. The fraction of sp³-hybridized carbons (Fsp3) is 0.474. The summed E-state index contributed by atoms with van der Waals surface area (Å²) in [5.41, 5.74) is 1.34. The lowest BCUT2D eigenvalue weighted by Crippen LogP contribution is -2.15. The average Bonchev–Trinajstić information content (AvgIpc) is 3.19. The highest BCUT2D eigenvalue weighted by Gasteiger charge is 2.19. The van der Waals surface area contributed by atoms with Crippen LogP contribution in [0, 0.1) is 0 Å². The number of halogens is 1. The van der Waals surface area contributed by atoms with Crippen molar-refractivity contribution < 1.29 is 29.3 Å². The number of nitrogens with zero attached hydrogens (tertiary/aromatic N) is 3. The molecule has 0 aliphatic rings. The van der Waals surface area contributed by atoms with Crippen molar-refractivity contribution in [3.8, 4) is 5.75 Å². The lowest BCUT2D eigenvalue weighted by atomic mass is 9.82. The molecule has 1 aromatic heterocycles. The summed E-state index contributed by atoms with van der Waals surface area (Å²) in [6, 6.07) is 6.01. The molecule has 0 saturated heterocycles. The summed E-state index contributed by atoms with van der Waals surface area (Å²) in [6.07, 6.45) is 4.23. The molecule has 1 aromatic carbocycles. The second-order valence-electron chi connectivity index (χ2n) is 6.61. The molecule has 2 rings (SSSR count). The Labute approximate surface area is 174 Å². The molecule has 0 amide bonds. The topological polar surface area (TPSA) is 124 Å². The number of hydrogen-bond acceptors (Lipinski definition) is 6. The molecule has 0 aliphatic heterocycles. The third kappa shape index (κ3) is 8.93. The van der Waals surface area contributed by atoms with Crippen LogP contribution in [0.2, 0.25) is 5.02 Å². The molecule has 2 N–H and O–H groups in total. The first-order valence-corrected chi connectivity index (χ1v) is 9.34. The quantitative estimate of drug-likeness (QED) is 0.462. The average molecular weight is 428 g/mol. The molecule has 0 aliphatic carbocycles. The van der Waals surface area contributed by atoms with E-state index in [-0.39, 0.29) is 5.41 Å². The van der Waals surface area contributed by atoms with Crippen molar-refractivity contribution in [3.05, 3.63) is 41.4 Å². The second-order valence-corrected chi connectivity index (χ2v) is 7.02. The van der Waals surface area contributed by atoms with Crippen LogP contribution >= 0.6 is 11.6 Å². The van der Waals surface area contributed by atoms with Gasteiger partial charge < -0.3 is 19.7 Å². The van der Waals surface area contributed by atoms with Crippen molar-refractivity contribution in [3.63, 3.8) is 0 Å². The molecule has 0 saturated carbocycles. The van der Waals surface area contributed by atoms with Crippen LogP contribution < -0.4 is 4.74 Å². The standard InChI is InChI=1S/C17H24ClN3O2.C2H2O4/c1-4-17(2,3)14-5-6-16(15(18)11-14)23-10-9-22-8-7-21-13-19-12-20-21;3-1(4)2(5)6/h5-6,11-13H,4,7-10H2,1-3H3;(H,3,4)(H,5,6). The first kappa shape index (κ1) is 24.4. The van der Waals surface area contributed by atoms with Crippen molar-refractivity contribution >= 4 is 23.5 Å². The highest BCUT2D eigenvalue weighted by Crippen LogP contribution is 2.33. The van der Waals surface area contributed by atoms with Gasteiger partial charge in [-0.25, -0.2) is 14.6 Å². The molecule has 0 spiro atoms. The molecule has 10 heteroatoms. The molecule has 2 aromatic rings. The Hall–Kier alpha value is -2.65. The van der Waals surface area contributed by atoms with Crippen molar-refractivity contribution in [1.82, 2.24) is 14.8 Å². The van der Waals surface area contributed by atoms with Crippen LogP contribution in [0.15, 0.2) is 30.9 Å². The predicted molar refractivity (Wildman–Crippen MR) is 106 cm³/mol. The van der Waals surface area contributed by atoms with E-state index >= 15 is 0 Å². The van der Waals surface area contributed by atoms with Gasteiger partial charge in [-0.1, -0.05) is 38.4 Å². The van der Waals surface area contributed by atoms with Crippen LogP contribution in [-0.2, 0) is 26.3 Å². The van der Waals surface area contributed by atoms with E-state index in [1.54, 1.807) is 11.0 Å². The Morgan fingerprint density at radius 2 is 1.86 bits per heavy atom. The summed E-state index contributed by atoms with van der Waals surface area (Å²) in [4.78, 5) is 22.1. The maximum Gasteiger partial charge on any atom is 0.414 e. The van der Waals surface area contributed by atoms with Gasteiger partial charge in [0.05, 0.1) is 24.8 Å². The number of ether oxygens (including phenoxy) is 2. The summed E-state index contributed by atoms with van der Waals surface area (Å²) in [5.74, 6) is -2.95. The van der Waals surface area contributed by atoms with E-state index < -0.39 is 11.9 Å². The maximum absolute atomic E-state index is 9.10. The summed E-state index contributed by atoms with van der Waals surface area (Å²) in [7, 11) is 0. The fourth-order valence-electron chi connectivity index (χ4n) is 2.06. The fourth-order valence-corrected chi connectivity index (χ4v) is 2.30. The number of hydrogen-bond donors (Lipinski definition) is 2. The molecule has 29 heavy (non-hydrogen) atoms. The summed E-state index contributed by atoms with van der Waals surface area (Å²) in [5, 5.41) is 19.4. The second kappa shape index (κ2) is 12.0. The number of carboxylic acids is 2. The van der Waals surface area contributed by atoms with Crippen molar-refractivity contribution in [1.29, 1.82) is 0 Å². The Kier molecular flexibility index (Phi) is 10.1. The Balaban J connectivity index is 0.000000612. The highest BCUT2D eigenvalue weighted by atomic mass is 35.5. The van der Waals surface area contributed by atoms with E-state index in [0.717, 1.165) is 6.42 Å². The first-order valence-electron chi connectivity index (χ1n) is 8.96. The molecular formula is C19H26ClN3O6. The Morgan fingerprint density at radius 1 is 1.17 bits per heavy atom. The van der Waals surface area contributed by atoms with E-state index in [2.05, 4.69) is 36.9 Å². The zero-order chi connectivity index (χ0) is 21.9. The molecule has 160 valence electrons. The van der Waals surface area contributed by atoms with Gasteiger partial charge >= 0.3 is 11.9 Å². The molecule has 9 nitrogen and oxygen atoms in total. The van der Waals surface area contributed by atoms with Crippen LogP contribution in [0.1, 0.15) is 32.8 Å². The summed E-state index contributed by atoms with van der Waals surface area (Å²) in [6.45, 7) is 8.83. The molecule has 1 heterocycles. The van der Waals surface area contributed by atoms with E-state index in [9.17, 15) is 0 Å². The molecular weight excluding hydrogens is 402 g/mol. The SMILES string of the molecule is CCC(C)(C)c1ccc(OCCOCCn2cncn2)c(Cl)c1.O=C(O)C(=O)O. The summed E-state index contributed by atoms with van der Waals surface area (Å²) >= 11 is 6.32. The maximum atomic E-state index is 9.10. The third-order valence-electron chi connectivity index (χ3n) is 4.20. The number of rotatable bonds is 9. The summed E-state index contributed by atoms with van der Waals surface area (Å²) < 4.78 is 12.9. The number of carboxylic acid groups (broad SMARTS) is 2. The van der Waals surface area contributed by atoms with Gasteiger partial charge in [-0.2, -0.15) is 5.10 Å². The Morgan fingerprint density at radius 3 is 2.38 bits per heavy atom. The van der Waals surface area contributed by atoms with E-state index in [1.807, 2.05) is 12.1 Å². The van der Waals surface area contributed by atoms with Gasteiger partial charge in [-0.3, -0.25) is 4.68 Å². The number of aliphatic carboxylic acids is 2. The van der Waals surface area contributed by atoms with Gasteiger partial charge in [0.2, 0.25) is 0 Å². The van der Waals surface area contributed by atoms with Crippen LogP contribution in [0.3, 0.4) is 0 Å². The molecule has 0 unspecified atom stereocenters. The van der Waals surface area contributed by atoms with Gasteiger partial charge in [0.25, 0.3) is 0 Å². The van der Waals surface area contributed by atoms with Crippen LogP contribution in [0.25, 0.3) is 0 Å². The van der Waals surface area contributed by atoms with Crippen molar-refractivity contribution in [2.45, 2.75) is 39.2 Å². The molecule has 0 atom stereocenters. The lowest BCUT2D eigenvalue weighted by Gasteiger charge is -2.24. The first-order chi connectivity index (χ1) is 13.7. The zero-order valence-corrected chi connectivity index (χ0v) is 17.4. The van der Waals surface area contributed by atoms with Crippen LogP contribution in [0.5, 0.6) is 5.75 Å². The number of carbonyl (C=O) groups is 2. The van der Waals surface area contributed by atoms with Crippen molar-refractivity contribution in [2.75, 3.05) is 19.8 Å². The smallest absolute Gasteiger partial charge is 0.414 e. The van der Waals surface area contributed by atoms with Crippen molar-refractivity contribution in [2.24, 2.45) is 0 Å². The lowest BCUT2D eigenvalue weighted by molar-refractivity contribution is -0.159.